The number of rotatable bonds is 13. The number of hydrogen-bond acceptors (Lipinski definition) is 6. The van der Waals surface area contributed by atoms with Crippen molar-refractivity contribution in [1.82, 2.24) is 15.2 Å². The molecule has 8 nitrogen and oxygen atoms in total. The fourth-order valence-electron chi connectivity index (χ4n) is 4.20. The van der Waals surface area contributed by atoms with E-state index in [9.17, 15) is 27.9 Å². The zero-order chi connectivity index (χ0) is 31.2. The maximum absolute atomic E-state index is 12.9. The van der Waals surface area contributed by atoms with Crippen molar-refractivity contribution in [3.8, 4) is 5.75 Å². The molecule has 0 radical (unpaired) electrons. The van der Waals surface area contributed by atoms with Crippen LogP contribution in [0.2, 0.25) is 0 Å². The van der Waals surface area contributed by atoms with Gasteiger partial charge in [0.2, 0.25) is 17.8 Å². The molecule has 1 heterocycles. The molecule has 230 valence electrons. The van der Waals surface area contributed by atoms with Crippen LogP contribution in [-0.2, 0) is 27.2 Å². The van der Waals surface area contributed by atoms with E-state index in [4.69, 9.17) is 9.53 Å². The van der Waals surface area contributed by atoms with Gasteiger partial charge in [0.1, 0.15) is 5.75 Å². The predicted molar refractivity (Wildman–Crippen MR) is 157 cm³/mol. The molecule has 3 aromatic rings. The van der Waals surface area contributed by atoms with Crippen LogP contribution in [0.4, 0.5) is 13.2 Å². The summed E-state index contributed by atoms with van der Waals surface area (Å²) in [6, 6.07) is 16.9. The highest BCUT2D eigenvalue weighted by atomic mass is 19.4. The third kappa shape index (κ3) is 13.3. The van der Waals surface area contributed by atoms with Gasteiger partial charge in [-0.3, -0.25) is 14.4 Å². The number of halogens is 3. The standard InChI is InChI=1S/C29H39N3O4.C2HF3O/c1-29(2,3)21-32(27(35)15-20-36-19-14-22-7-5-4-6-8-22)18-17-30-16-13-23-9-11-25(33)28-24(23)10-12-26(34)31-28;3-2(4,5)1-6/h4-12,30,33H,13-21H2,1-3H3,(H,31,34);1H. The second-order valence-corrected chi connectivity index (χ2v) is 11.0. The smallest absolute Gasteiger partial charge is 0.446 e. The van der Waals surface area contributed by atoms with Gasteiger partial charge in [-0.1, -0.05) is 57.2 Å². The average Bonchev–Trinajstić information content (AvgIpc) is 2.93. The number of fused-ring (bicyclic) bond motifs is 1. The van der Waals surface area contributed by atoms with Crippen LogP contribution in [0.3, 0.4) is 0 Å². The number of phenolic OH excluding ortho intramolecular Hbond substituents is 1. The molecule has 1 amide bonds. The number of carbonyl (C=O) groups excluding carboxylic acids is 2. The number of carbonyl (C=O) groups is 2. The maximum Gasteiger partial charge on any atom is 0.446 e. The molecule has 0 fully saturated rings. The highest BCUT2D eigenvalue weighted by Crippen LogP contribution is 2.24. The minimum absolute atomic E-state index is 0.00565. The van der Waals surface area contributed by atoms with Gasteiger partial charge in [0.15, 0.2) is 0 Å². The Kier molecular flexibility index (Phi) is 13.7. The summed E-state index contributed by atoms with van der Waals surface area (Å²) in [5.74, 6) is 0.180. The number of benzene rings is 2. The number of aromatic hydroxyl groups is 1. The number of nitrogens with zero attached hydrogens (tertiary/aromatic N) is 1. The van der Waals surface area contributed by atoms with E-state index in [2.05, 4.69) is 43.2 Å². The van der Waals surface area contributed by atoms with Crippen LogP contribution in [0, 0.1) is 5.41 Å². The van der Waals surface area contributed by atoms with Gasteiger partial charge in [0.25, 0.3) is 0 Å². The number of nitrogens with one attached hydrogen (secondary N) is 2. The minimum Gasteiger partial charge on any atom is -0.506 e. The summed E-state index contributed by atoms with van der Waals surface area (Å²) in [5.41, 5.74) is 2.51. The van der Waals surface area contributed by atoms with Crippen LogP contribution in [-0.4, -0.2) is 72.8 Å². The number of aromatic nitrogens is 1. The van der Waals surface area contributed by atoms with Gasteiger partial charge in [-0.2, -0.15) is 13.2 Å². The molecule has 0 spiro atoms. The van der Waals surface area contributed by atoms with Gasteiger partial charge in [-0.25, -0.2) is 0 Å². The molecule has 3 N–H and O–H groups in total. The lowest BCUT2D eigenvalue weighted by atomic mass is 9.96. The Labute approximate surface area is 243 Å². The van der Waals surface area contributed by atoms with Gasteiger partial charge in [-0.15, -0.1) is 0 Å². The number of alkyl halides is 3. The van der Waals surface area contributed by atoms with Crippen molar-refractivity contribution >= 4 is 23.1 Å². The van der Waals surface area contributed by atoms with Crippen LogP contribution in [0.15, 0.2) is 59.4 Å². The van der Waals surface area contributed by atoms with Crippen molar-refractivity contribution in [2.45, 2.75) is 46.2 Å². The summed E-state index contributed by atoms with van der Waals surface area (Å²) in [4.78, 5) is 37.8. The summed E-state index contributed by atoms with van der Waals surface area (Å²) < 4.78 is 37.0. The molecule has 0 atom stereocenters. The highest BCUT2D eigenvalue weighted by Gasteiger charge is 2.25. The zero-order valence-electron chi connectivity index (χ0n) is 24.3. The average molecular weight is 592 g/mol. The van der Waals surface area contributed by atoms with Crippen molar-refractivity contribution in [2.75, 3.05) is 39.4 Å². The molecule has 3 rings (SSSR count). The van der Waals surface area contributed by atoms with E-state index in [0.717, 1.165) is 30.3 Å². The van der Waals surface area contributed by atoms with Crippen LogP contribution >= 0.6 is 0 Å². The van der Waals surface area contributed by atoms with Crippen LogP contribution < -0.4 is 10.9 Å². The lowest BCUT2D eigenvalue weighted by Crippen LogP contribution is -2.42. The van der Waals surface area contributed by atoms with E-state index in [1.54, 1.807) is 12.1 Å². The molecular formula is C31H40F3N3O5. The summed E-state index contributed by atoms with van der Waals surface area (Å²) in [6.07, 6.45) is -3.74. The molecule has 0 saturated heterocycles. The molecule has 2 aromatic carbocycles. The van der Waals surface area contributed by atoms with E-state index in [0.29, 0.717) is 44.8 Å². The first-order valence-corrected chi connectivity index (χ1v) is 13.8. The normalized spacial score (nSPS) is 11.6. The minimum atomic E-state index is -4.64. The Morgan fingerprint density at radius 3 is 2.33 bits per heavy atom. The van der Waals surface area contributed by atoms with Gasteiger partial charge >= 0.3 is 6.18 Å². The monoisotopic (exact) mass is 591 g/mol. The fourth-order valence-corrected chi connectivity index (χ4v) is 4.20. The van der Waals surface area contributed by atoms with E-state index < -0.39 is 12.5 Å². The van der Waals surface area contributed by atoms with Crippen LogP contribution in [0.1, 0.15) is 38.3 Å². The number of hydrogen-bond donors (Lipinski definition) is 3. The predicted octanol–water partition coefficient (Wildman–Crippen LogP) is 4.64. The molecule has 42 heavy (non-hydrogen) atoms. The quantitative estimate of drug-likeness (QED) is 0.197. The topological polar surface area (TPSA) is 112 Å². The molecule has 0 aliphatic heterocycles. The van der Waals surface area contributed by atoms with E-state index in [1.165, 1.54) is 11.6 Å². The number of ether oxygens (including phenoxy) is 1. The Balaban J connectivity index is 0.000000928. The maximum atomic E-state index is 12.9. The third-order valence-corrected chi connectivity index (χ3v) is 6.08. The lowest BCUT2D eigenvalue weighted by Gasteiger charge is -2.30. The number of amides is 1. The Morgan fingerprint density at radius 1 is 1.00 bits per heavy atom. The SMILES string of the molecule is CC(C)(C)CN(CCNCCc1ccc(O)c2[nH]c(=O)ccc12)C(=O)CCOCCc1ccccc1.O=CC(F)(F)F. The van der Waals surface area contributed by atoms with Crippen molar-refractivity contribution in [3.63, 3.8) is 0 Å². The zero-order valence-corrected chi connectivity index (χ0v) is 24.3. The van der Waals surface area contributed by atoms with Crippen molar-refractivity contribution in [1.29, 1.82) is 0 Å². The molecule has 1 aromatic heterocycles. The third-order valence-electron chi connectivity index (χ3n) is 6.08. The summed E-state index contributed by atoms with van der Waals surface area (Å²) in [7, 11) is 0. The number of pyridine rings is 1. The molecule has 11 heteroatoms. The highest BCUT2D eigenvalue weighted by molar-refractivity contribution is 5.87. The molecule has 0 bridgehead atoms. The van der Waals surface area contributed by atoms with Gasteiger partial charge in [0, 0.05) is 31.1 Å². The number of aromatic amines is 1. The number of H-pyrrole nitrogens is 1. The second-order valence-electron chi connectivity index (χ2n) is 11.0. The summed E-state index contributed by atoms with van der Waals surface area (Å²) >= 11 is 0. The molecular weight excluding hydrogens is 551 g/mol. The largest absolute Gasteiger partial charge is 0.506 e. The first-order chi connectivity index (χ1) is 19.8. The molecule has 0 aliphatic carbocycles. The fraction of sp³-hybridized carbons (Fsp3) is 0.452. The van der Waals surface area contributed by atoms with E-state index in [1.807, 2.05) is 29.2 Å². The summed E-state index contributed by atoms with van der Waals surface area (Å²) in [6.45, 7) is 10.2. The molecule has 0 aliphatic rings. The van der Waals surface area contributed by atoms with Gasteiger partial charge in [-0.05, 0) is 48.1 Å². The van der Waals surface area contributed by atoms with Gasteiger partial charge < -0.3 is 25.0 Å². The van der Waals surface area contributed by atoms with Crippen molar-refractivity contribution < 1.29 is 32.6 Å². The number of phenols is 1. The van der Waals surface area contributed by atoms with Gasteiger partial charge in [0.05, 0.1) is 25.2 Å². The molecule has 0 unspecified atom stereocenters. The Hall–Kier alpha value is -3.70. The lowest BCUT2D eigenvalue weighted by molar-refractivity contribution is -0.156. The van der Waals surface area contributed by atoms with E-state index >= 15 is 0 Å². The second kappa shape index (κ2) is 16.7. The Morgan fingerprint density at radius 2 is 1.69 bits per heavy atom. The van der Waals surface area contributed by atoms with Crippen molar-refractivity contribution in [3.05, 3.63) is 76.1 Å². The van der Waals surface area contributed by atoms with Crippen LogP contribution in [0.5, 0.6) is 5.75 Å². The molecule has 0 saturated carbocycles. The summed E-state index contributed by atoms with van der Waals surface area (Å²) in [5, 5.41) is 14.3. The number of aldehydes is 1. The van der Waals surface area contributed by atoms with E-state index in [-0.39, 0.29) is 22.6 Å². The van der Waals surface area contributed by atoms with Crippen LogP contribution in [0.25, 0.3) is 10.9 Å². The Bertz CT molecular complexity index is 1320. The van der Waals surface area contributed by atoms with Crippen molar-refractivity contribution in [2.24, 2.45) is 5.41 Å². The first kappa shape index (κ1) is 34.5. The first-order valence-electron chi connectivity index (χ1n) is 13.8.